The van der Waals surface area contributed by atoms with Crippen molar-refractivity contribution in [2.24, 2.45) is 0 Å². The lowest BCUT2D eigenvalue weighted by Crippen LogP contribution is -2.41. The smallest absolute Gasteiger partial charge is 0.329 e. The quantitative estimate of drug-likeness (QED) is 0.563. The third-order valence-electron chi connectivity index (χ3n) is 4.95. The first kappa shape index (κ1) is 20.7. The Balaban J connectivity index is 1.41. The zero-order chi connectivity index (χ0) is 21.8. The number of benzene rings is 1. The SMILES string of the molecule is Cc1ccccc1Nc1nc(N)nc(COC(=O)C2CCCN2C(=O)c2cccs2)n1. The van der Waals surface area contributed by atoms with Gasteiger partial charge in [0.1, 0.15) is 6.04 Å². The molecular formula is C21H22N6O3S. The Bertz CT molecular complexity index is 1090. The molecule has 3 N–H and O–H groups in total. The summed E-state index contributed by atoms with van der Waals surface area (Å²) >= 11 is 1.36. The number of carbonyl (C=O) groups excluding carboxylic acids is 2. The minimum absolute atomic E-state index is 0.0208. The van der Waals surface area contributed by atoms with Crippen molar-refractivity contribution in [3.63, 3.8) is 0 Å². The third-order valence-corrected chi connectivity index (χ3v) is 5.81. The van der Waals surface area contributed by atoms with E-state index in [9.17, 15) is 9.59 Å². The highest BCUT2D eigenvalue weighted by Crippen LogP contribution is 2.23. The molecule has 9 nitrogen and oxygen atoms in total. The van der Waals surface area contributed by atoms with Gasteiger partial charge in [0.15, 0.2) is 12.4 Å². The normalized spacial score (nSPS) is 15.6. The van der Waals surface area contributed by atoms with Crippen molar-refractivity contribution < 1.29 is 14.3 Å². The van der Waals surface area contributed by atoms with Crippen molar-refractivity contribution in [2.45, 2.75) is 32.4 Å². The molecule has 0 spiro atoms. The predicted octanol–water partition coefficient (Wildman–Crippen LogP) is 2.92. The standard InChI is InChI=1S/C21H22N6O3S/c1-13-6-2-3-7-14(13)23-21-25-17(24-20(22)26-21)12-30-19(29)15-8-4-10-27(15)18(28)16-9-5-11-31-16/h2-3,5-7,9,11,15H,4,8,10,12H2,1H3,(H3,22,23,24,25,26). The van der Waals surface area contributed by atoms with Crippen LogP contribution in [0.1, 0.15) is 33.9 Å². The topological polar surface area (TPSA) is 123 Å². The summed E-state index contributed by atoms with van der Waals surface area (Å²) in [7, 11) is 0. The van der Waals surface area contributed by atoms with Gasteiger partial charge in [-0.05, 0) is 42.8 Å². The summed E-state index contributed by atoms with van der Waals surface area (Å²) < 4.78 is 5.43. The van der Waals surface area contributed by atoms with Gasteiger partial charge in [0.2, 0.25) is 11.9 Å². The number of aryl methyl sites for hydroxylation is 1. The van der Waals surface area contributed by atoms with Crippen molar-refractivity contribution in [3.8, 4) is 0 Å². The number of likely N-dealkylation sites (tertiary alicyclic amines) is 1. The predicted molar refractivity (Wildman–Crippen MR) is 117 cm³/mol. The molecule has 3 heterocycles. The molecule has 0 radical (unpaired) electrons. The average molecular weight is 439 g/mol. The van der Waals surface area contributed by atoms with E-state index in [4.69, 9.17) is 10.5 Å². The second-order valence-electron chi connectivity index (χ2n) is 7.11. The van der Waals surface area contributed by atoms with Crippen LogP contribution in [0.25, 0.3) is 0 Å². The van der Waals surface area contributed by atoms with E-state index < -0.39 is 12.0 Å². The highest BCUT2D eigenvalue weighted by molar-refractivity contribution is 7.12. The number of carbonyl (C=O) groups is 2. The van der Waals surface area contributed by atoms with Crippen LogP contribution in [0.2, 0.25) is 0 Å². The summed E-state index contributed by atoms with van der Waals surface area (Å²) in [4.78, 5) is 40.0. The van der Waals surface area contributed by atoms with E-state index >= 15 is 0 Å². The highest BCUT2D eigenvalue weighted by atomic mass is 32.1. The van der Waals surface area contributed by atoms with Crippen LogP contribution in [0.5, 0.6) is 0 Å². The maximum absolute atomic E-state index is 12.7. The number of nitrogen functional groups attached to an aromatic ring is 1. The molecule has 1 aliphatic rings. The average Bonchev–Trinajstić information content (AvgIpc) is 3.45. The minimum Gasteiger partial charge on any atom is -0.456 e. The Kier molecular flexibility index (Phi) is 6.08. The number of anilines is 3. The summed E-state index contributed by atoms with van der Waals surface area (Å²) in [5, 5.41) is 4.94. The molecule has 160 valence electrons. The van der Waals surface area contributed by atoms with Gasteiger partial charge >= 0.3 is 5.97 Å². The van der Waals surface area contributed by atoms with Gasteiger partial charge in [-0.25, -0.2) is 4.79 Å². The summed E-state index contributed by atoms with van der Waals surface area (Å²) in [6, 6.07) is 10.6. The number of ether oxygens (including phenoxy) is 1. The maximum Gasteiger partial charge on any atom is 0.329 e. The third kappa shape index (κ3) is 4.80. The first-order chi connectivity index (χ1) is 15.0. The number of nitrogens with zero attached hydrogens (tertiary/aromatic N) is 4. The zero-order valence-corrected chi connectivity index (χ0v) is 17.8. The van der Waals surface area contributed by atoms with Crippen molar-refractivity contribution in [2.75, 3.05) is 17.6 Å². The van der Waals surface area contributed by atoms with Crippen LogP contribution in [-0.2, 0) is 16.1 Å². The maximum atomic E-state index is 12.7. The molecule has 1 fully saturated rings. The van der Waals surface area contributed by atoms with Gasteiger partial charge < -0.3 is 20.7 Å². The van der Waals surface area contributed by atoms with Crippen molar-refractivity contribution in [3.05, 3.63) is 58.0 Å². The number of amides is 1. The minimum atomic E-state index is -0.613. The molecular weight excluding hydrogens is 416 g/mol. The molecule has 4 rings (SSSR count). The molecule has 0 bridgehead atoms. The van der Waals surface area contributed by atoms with E-state index in [0.717, 1.165) is 17.7 Å². The molecule has 10 heteroatoms. The fourth-order valence-electron chi connectivity index (χ4n) is 3.42. The Morgan fingerprint density at radius 1 is 1.23 bits per heavy atom. The summed E-state index contributed by atoms with van der Waals surface area (Å²) in [6.45, 7) is 2.33. The summed E-state index contributed by atoms with van der Waals surface area (Å²) in [6.07, 6.45) is 1.31. The molecule has 2 aromatic heterocycles. The van der Waals surface area contributed by atoms with Crippen molar-refractivity contribution >= 4 is 40.8 Å². The van der Waals surface area contributed by atoms with E-state index in [0.29, 0.717) is 17.8 Å². The van der Waals surface area contributed by atoms with Crippen LogP contribution >= 0.6 is 11.3 Å². The van der Waals surface area contributed by atoms with Gasteiger partial charge in [-0.1, -0.05) is 24.3 Å². The Morgan fingerprint density at radius 3 is 2.84 bits per heavy atom. The first-order valence-electron chi connectivity index (χ1n) is 9.85. The monoisotopic (exact) mass is 438 g/mol. The van der Waals surface area contributed by atoms with Gasteiger partial charge in [-0.2, -0.15) is 15.0 Å². The van der Waals surface area contributed by atoms with Crippen LogP contribution in [-0.4, -0.2) is 44.3 Å². The van der Waals surface area contributed by atoms with Crippen LogP contribution < -0.4 is 11.1 Å². The van der Waals surface area contributed by atoms with Gasteiger partial charge in [0.05, 0.1) is 4.88 Å². The largest absolute Gasteiger partial charge is 0.456 e. The van der Waals surface area contributed by atoms with E-state index in [2.05, 4.69) is 20.3 Å². The second kappa shape index (κ2) is 9.09. The lowest BCUT2D eigenvalue weighted by molar-refractivity contribution is -0.149. The van der Waals surface area contributed by atoms with E-state index in [1.807, 2.05) is 42.6 Å². The number of esters is 1. The number of hydrogen-bond acceptors (Lipinski definition) is 9. The fourth-order valence-corrected chi connectivity index (χ4v) is 4.10. The number of hydrogen-bond donors (Lipinski definition) is 2. The molecule has 1 saturated heterocycles. The molecule has 3 aromatic rings. The highest BCUT2D eigenvalue weighted by Gasteiger charge is 2.36. The lowest BCUT2D eigenvalue weighted by Gasteiger charge is -2.22. The fraction of sp³-hybridized carbons (Fsp3) is 0.286. The number of nitrogens with two attached hydrogens (primary N) is 1. The van der Waals surface area contributed by atoms with Gasteiger partial charge in [0, 0.05) is 12.2 Å². The first-order valence-corrected chi connectivity index (χ1v) is 10.7. The van der Waals surface area contributed by atoms with Crippen LogP contribution in [0.15, 0.2) is 41.8 Å². The molecule has 0 saturated carbocycles. The van der Waals surface area contributed by atoms with Gasteiger partial charge in [-0.3, -0.25) is 4.79 Å². The van der Waals surface area contributed by atoms with Crippen LogP contribution in [0.3, 0.4) is 0 Å². The summed E-state index contributed by atoms with van der Waals surface area (Å²) in [5.41, 5.74) is 7.66. The number of rotatable bonds is 6. The molecule has 1 amide bonds. The molecule has 1 unspecified atom stereocenters. The second-order valence-corrected chi connectivity index (χ2v) is 8.06. The van der Waals surface area contributed by atoms with E-state index in [1.54, 1.807) is 11.0 Å². The summed E-state index contributed by atoms with van der Waals surface area (Å²) in [5.74, 6) is -0.111. The van der Waals surface area contributed by atoms with Gasteiger partial charge in [-0.15, -0.1) is 11.3 Å². The van der Waals surface area contributed by atoms with Gasteiger partial charge in [0.25, 0.3) is 5.91 Å². The Hall–Kier alpha value is -3.53. The zero-order valence-electron chi connectivity index (χ0n) is 16.9. The number of nitrogens with one attached hydrogen (secondary N) is 1. The Morgan fingerprint density at radius 2 is 2.06 bits per heavy atom. The molecule has 1 aromatic carbocycles. The molecule has 1 atom stereocenters. The van der Waals surface area contributed by atoms with E-state index in [-0.39, 0.29) is 30.2 Å². The van der Waals surface area contributed by atoms with E-state index in [1.165, 1.54) is 11.3 Å². The Labute approximate surface area is 183 Å². The number of thiophene rings is 1. The number of aromatic nitrogens is 3. The lowest BCUT2D eigenvalue weighted by atomic mass is 10.2. The van der Waals surface area contributed by atoms with Crippen molar-refractivity contribution in [1.29, 1.82) is 0 Å². The number of para-hydroxylation sites is 1. The molecule has 31 heavy (non-hydrogen) atoms. The van der Waals surface area contributed by atoms with Crippen LogP contribution in [0, 0.1) is 6.92 Å². The molecule has 1 aliphatic heterocycles. The molecule has 0 aliphatic carbocycles. The van der Waals surface area contributed by atoms with Crippen molar-refractivity contribution in [1.82, 2.24) is 19.9 Å². The van der Waals surface area contributed by atoms with Crippen LogP contribution in [0.4, 0.5) is 17.6 Å².